The average molecular weight is 380 g/mol. The smallest absolute Gasteiger partial charge is 0.248 e. The summed E-state index contributed by atoms with van der Waals surface area (Å²) in [5, 5.41) is 5.47. The van der Waals surface area contributed by atoms with Crippen molar-refractivity contribution >= 4 is 45.6 Å². The van der Waals surface area contributed by atoms with Crippen LogP contribution in [0.4, 0.5) is 5.69 Å². The molecule has 2 aromatic heterocycles. The largest absolute Gasteiger partial charge is 0.322 e. The van der Waals surface area contributed by atoms with Gasteiger partial charge in [0.1, 0.15) is 0 Å². The van der Waals surface area contributed by atoms with Crippen LogP contribution in [-0.4, -0.2) is 15.3 Å². The first kappa shape index (κ1) is 16.6. The van der Waals surface area contributed by atoms with E-state index in [1.54, 1.807) is 23.5 Å². The second-order valence-corrected chi connectivity index (χ2v) is 6.92. The van der Waals surface area contributed by atoms with E-state index < -0.39 is 0 Å². The highest BCUT2D eigenvalue weighted by molar-refractivity contribution is 7.15. The maximum absolute atomic E-state index is 12.2. The molecular weight excluding hydrogens is 366 g/mol. The van der Waals surface area contributed by atoms with E-state index in [1.807, 2.05) is 64.6 Å². The first-order valence-electron chi connectivity index (χ1n) is 7.95. The molecule has 0 unspecified atom stereocenters. The maximum Gasteiger partial charge on any atom is 0.248 e. The van der Waals surface area contributed by atoms with E-state index in [0.29, 0.717) is 10.7 Å². The number of nitrogens with one attached hydrogen (secondary N) is 1. The Morgan fingerprint density at radius 1 is 1.19 bits per heavy atom. The highest BCUT2D eigenvalue weighted by Gasteiger charge is 2.07. The number of carbonyl (C=O) groups excluding carboxylic acids is 1. The average Bonchev–Trinajstić information content (AvgIpc) is 3.23. The van der Waals surface area contributed by atoms with Gasteiger partial charge in [-0.1, -0.05) is 41.9 Å². The molecule has 1 N–H and O–H groups in total. The van der Waals surface area contributed by atoms with Gasteiger partial charge in [0.2, 0.25) is 5.91 Å². The van der Waals surface area contributed by atoms with Crippen molar-refractivity contribution in [1.29, 1.82) is 0 Å². The second-order valence-electron chi connectivity index (χ2n) is 5.64. The molecule has 0 bridgehead atoms. The molecule has 0 radical (unpaired) electrons. The van der Waals surface area contributed by atoms with Crippen LogP contribution in [0.1, 0.15) is 5.56 Å². The van der Waals surface area contributed by atoms with Crippen LogP contribution < -0.4 is 5.32 Å². The van der Waals surface area contributed by atoms with Gasteiger partial charge >= 0.3 is 0 Å². The Hall–Kier alpha value is -2.89. The molecule has 0 atom stereocenters. The Bertz CT molecular complexity index is 1080. The molecule has 0 fully saturated rings. The lowest BCUT2D eigenvalue weighted by Crippen LogP contribution is -2.07. The van der Waals surface area contributed by atoms with Crippen molar-refractivity contribution in [2.75, 3.05) is 5.32 Å². The molecule has 6 heteroatoms. The van der Waals surface area contributed by atoms with E-state index in [-0.39, 0.29) is 5.91 Å². The number of carbonyl (C=O) groups is 1. The van der Waals surface area contributed by atoms with Crippen LogP contribution in [0, 0.1) is 0 Å². The van der Waals surface area contributed by atoms with E-state index >= 15 is 0 Å². The summed E-state index contributed by atoms with van der Waals surface area (Å²) < 4.78 is 1.98. The summed E-state index contributed by atoms with van der Waals surface area (Å²) >= 11 is 7.68. The lowest BCUT2D eigenvalue weighted by molar-refractivity contribution is -0.111. The molecule has 0 aliphatic rings. The SMILES string of the molecule is O=C(/C=C/c1ccccc1Cl)Nc1cccc(-c2cn3ccsc3n2)c1. The first-order valence-corrected chi connectivity index (χ1v) is 9.21. The highest BCUT2D eigenvalue weighted by atomic mass is 35.5. The number of fused-ring (bicyclic) bond motifs is 1. The molecule has 4 rings (SSSR count). The Morgan fingerprint density at radius 3 is 2.92 bits per heavy atom. The number of benzene rings is 2. The van der Waals surface area contributed by atoms with Gasteiger partial charge in [0, 0.05) is 40.1 Å². The van der Waals surface area contributed by atoms with Crippen LogP contribution >= 0.6 is 22.9 Å². The summed E-state index contributed by atoms with van der Waals surface area (Å²) in [6.07, 6.45) is 7.12. The van der Waals surface area contributed by atoms with Crippen molar-refractivity contribution in [3.05, 3.63) is 83.0 Å². The lowest BCUT2D eigenvalue weighted by atomic mass is 10.1. The minimum Gasteiger partial charge on any atom is -0.322 e. The predicted octanol–water partition coefficient (Wildman–Crippen LogP) is 5.37. The van der Waals surface area contributed by atoms with Crippen LogP contribution in [0.5, 0.6) is 0 Å². The molecule has 0 aliphatic carbocycles. The number of nitrogens with zero attached hydrogens (tertiary/aromatic N) is 2. The van der Waals surface area contributed by atoms with Crippen molar-refractivity contribution in [3.8, 4) is 11.3 Å². The van der Waals surface area contributed by atoms with Crippen molar-refractivity contribution in [1.82, 2.24) is 9.38 Å². The molecule has 128 valence electrons. The number of rotatable bonds is 4. The fourth-order valence-electron chi connectivity index (χ4n) is 2.58. The fourth-order valence-corrected chi connectivity index (χ4v) is 3.48. The monoisotopic (exact) mass is 379 g/mol. The van der Waals surface area contributed by atoms with E-state index in [4.69, 9.17) is 11.6 Å². The molecule has 4 aromatic rings. The third-order valence-corrected chi connectivity index (χ3v) is 4.95. The Morgan fingerprint density at radius 2 is 2.08 bits per heavy atom. The standard InChI is InChI=1S/C20H14ClN3OS/c21-17-7-2-1-4-14(17)8-9-19(25)22-16-6-3-5-15(12-16)18-13-24-10-11-26-20(24)23-18/h1-13H,(H,22,25)/b9-8+. The minimum atomic E-state index is -0.215. The molecule has 2 aromatic carbocycles. The highest BCUT2D eigenvalue weighted by Crippen LogP contribution is 2.24. The summed E-state index contributed by atoms with van der Waals surface area (Å²) in [5.41, 5.74) is 3.34. The molecule has 1 amide bonds. The topological polar surface area (TPSA) is 46.4 Å². The third kappa shape index (κ3) is 3.54. The number of aromatic nitrogens is 2. The molecule has 0 saturated heterocycles. The van der Waals surface area contributed by atoms with Crippen LogP contribution in [-0.2, 0) is 4.79 Å². The van der Waals surface area contributed by atoms with Gasteiger partial charge < -0.3 is 5.32 Å². The van der Waals surface area contributed by atoms with E-state index in [9.17, 15) is 4.79 Å². The zero-order valence-electron chi connectivity index (χ0n) is 13.6. The van der Waals surface area contributed by atoms with Gasteiger partial charge in [-0.3, -0.25) is 9.20 Å². The van der Waals surface area contributed by atoms with Crippen molar-refractivity contribution in [2.45, 2.75) is 0 Å². The zero-order chi connectivity index (χ0) is 17.9. The van der Waals surface area contributed by atoms with Gasteiger partial charge in [-0.15, -0.1) is 11.3 Å². The van der Waals surface area contributed by atoms with Gasteiger partial charge in [0.25, 0.3) is 0 Å². The minimum absolute atomic E-state index is 0.215. The van der Waals surface area contributed by atoms with Crippen molar-refractivity contribution in [2.24, 2.45) is 0 Å². The Kier molecular flexibility index (Phi) is 4.56. The van der Waals surface area contributed by atoms with Crippen LogP contribution in [0.15, 0.2) is 72.4 Å². The maximum atomic E-state index is 12.2. The van der Waals surface area contributed by atoms with E-state index in [1.165, 1.54) is 6.08 Å². The van der Waals surface area contributed by atoms with E-state index in [0.717, 1.165) is 21.8 Å². The number of halogens is 1. The number of anilines is 1. The molecule has 26 heavy (non-hydrogen) atoms. The molecule has 0 spiro atoms. The quantitative estimate of drug-likeness (QED) is 0.484. The summed E-state index contributed by atoms with van der Waals surface area (Å²) in [7, 11) is 0. The van der Waals surface area contributed by atoms with Gasteiger partial charge in [-0.2, -0.15) is 0 Å². The zero-order valence-corrected chi connectivity index (χ0v) is 15.2. The molecule has 2 heterocycles. The van der Waals surface area contributed by atoms with E-state index in [2.05, 4.69) is 10.3 Å². The first-order chi connectivity index (χ1) is 12.7. The summed E-state index contributed by atoms with van der Waals surface area (Å²) in [4.78, 5) is 17.7. The number of imidazole rings is 1. The summed E-state index contributed by atoms with van der Waals surface area (Å²) in [5.74, 6) is -0.215. The van der Waals surface area contributed by atoms with Gasteiger partial charge in [-0.25, -0.2) is 4.98 Å². The third-order valence-electron chi connectivity index (χ3n) is 3.84. The van der Waals surface area contributed by atoms with Crippen LogP contribution in [0.3, 0.4) is 0 Å². The van der Waals surface area contributed by atoms with Crippen LogP contribution in [0.25, 0.3) is 22.3 Å². The lowest BCUT2D eigenvalue weighted by Gasteiger charge is -2.04. The van der Waals surface area contributed by atoms with Gasteiger partial charge in [0.15, 0.2) is 4.96 Å². The summed E-state index contributed by atoms with van der Waals surface area (Å²) in [6, 6.07) is 15.0. The summed E-state index contributed by atoms with van der Waals surface area (Å²) in [6.45, 7) is 0. The second kappa shape index (κ2) is 7.15. The number of hydrogen-bond acceptors (Lipinski definition) is 3. The Balaban J connectivity index is 1.51. The van der Waals surface area contributed by atoms with Gasteiger partial charge in [0.05, 0.1) is 5.69 Å². The van der Waals surface area contributed by atoms with Crippen LogP contribution in [0.2, 0.25) is 5.02 Å². The predicted molar refractivity (Wildman–Crippen MR) is 108 cm³/mol. The van der Waals surface area contributed by atoms with Crippen molar-refractivity contribution < 1.29 is 4.79 Å². The number of amides is 1. The van der Waals surface area contributed by atoms with Gasteiger partial charge in [-0.05, 0) is 29.8 Å². The molecule has 0 saturated carbocycles. The molecule has 4 nitrogen and oxygen atoms in total. The fraction of sp³-hybridized carbons (Fsp3) is 0. The molecular formula is C20H14ClN3OS. The molecule has 0 aliphatic heterocycles. The number of thiazole rings is 1. The van der Waals surface area contributed by atoms with Crippen molar-refractivity contribution in [3.63, 3.8) is 0 Å². The Labute approximate surface area is 159 Å². The number of hydrogen-bond donors (Lipinski definition) is 1. The normalized spacial score (nSPS) is 11.3.